The Morgan fingerprint density at radius 3 is 1.89 bits per heavy atom. The van der Waals surface area contributed by atoms with E-state index in [0.29, 0.717) is 30.4 Å². The second kappa shape index (κ2) is 31.9. The first kappa shape index (κ1) is 65.0. The summed E-state index contributed by atoms with van der Waals surface area (Å²) in [5.74, 6) is -9.21. The Morgan fingerprint density at radius 1 is 0.713 bits per heavy atom. The molecule has 0 radical (unpaired) electrons. The van der Waals surface area contributed by atoms with Crippen molar-refractivity contribution in [2.45, 2.75) is 158 Å². The molecule has 80 heavy (non-hydrogen) atoms. The zero-order chi connectivity index (χ0) is 59.2. The van der Waals surface area contributed by atoms with Gasteiger partial charge in [-0.25, -0.2) is 4.79 Å². The van der Waals surface area contributed by atoms with Gasteiger partial charge in [0, 0.05) is 51.1 Å². The quantitative estimate of drug-likeness (QED) is 0.0161. The number of hydrogen-bond acceptors (Lipinski definition) is 15. The second-order valence-electron chi connectivity index (χ2n) is 20.2. The van der Waals surface area contributed by atoms with Gasteiger partial charge in [0.05, 0.1) is 12.1 Å². The molecule has 2 aromatic carbocycles. The van der Waals surface area contributed by atoms with Crippen molar-refractivity contribution >= 4 is 77.7 Å². The Morgan fingerprint density at radius 2 is 1.29 bits per heavy atom. The predicted molar refractivity (Wildman–Crippen MR) is 297 cm³/mol. The molecule has 2 aromatic rings. The maximum atomic E-state index is 15.0. The number of aromatic hydroxyl groups is 1. The number of guanidine groups is 1. The zero-order valence-electron chi connectivity index (χ0n) is 45.4. The van der Waals surface area contributed by atoms with E-state index < -0.39 is 132 Å². The van der Waals surface area contributed by atoms with Gasteiger partial charge < -0.3 is 80.0 Å². The Bertz CT molecular complexity index is 2500. The first-order valence-electron chi connectivity index (χ1n) is 26.8. The number of likely N-dealkylation sites (tertiary alicyclic amines) is 2. The summed E-state index contributed by atoms with van der Waals surface area (Å²) in [7, 11) is 0. The van der Waals surface area contributed by atoms with E-state index in [-0.39, 0.29) is 88.5 Å². The maximum Gasteiger partial charge on any atom is 0.326 e. The van der Waals surface area contributed by atoms with Crippen molar-refractivity contribution in [2.24, 2.45) is 33.8 Å². The molecule has 2 fully saturated rings. The number of phenols is 1. The number of phenolic OH excluding ortho intramolecular Hbond substituents is 1. The number of hydrogen-bond donors (Lipinski definition) is 14. The van der Waals surface area contributed by atoms with E-state index in [2.05, 4.69) is 49.5 Å². The van der Waals surface area contributed by atoms with Crippen molar-refractivity contribution in [1.82, 2.24) is 41.7 Å². The van der Waals surface area contributed by atoms with Crippen LogP contribution in [0.1, 0.15) is 96.1 Å². The standard InChI is InChI=1S/C53H79N13O13S/c1-4-11-37(52(78)79)61-49(75)43(29(3)5-2)64-48(74)41-26-33(68)27-66(41)51(77)40-15-10-23-65(40)50(76)39(25-30-12-7-6-8-13-30)63-47(73)38(24-31-16-18-32(67)19-17-31)62-46(72)36(20-21-42(55)69)60-45(71)35(14-9-22-58-53(56)57)59-44(70)34(54)28-80/h6-8,12-13,16-19,29,33-41,43,67-68,80H,4-5,9-11,14-15,20-28,54H2,1-3H3,(H2,55,69)(H,59,70)(H,60,71)(H,61,75)(H,62,72)(H,63,73)(H,64,74)(H,78,79)(H4,56,57,58)/t29-,33+,34-,35-,36-,37-,38-,39-,40-,41-,43-/m0/s1. The highest BCUT2D eigenvalue weighted by atomic mass is 32.1. The molecule has 0 unspecified atom stereocenters. The van der Waals surface area contributed by atoms with Gasteiger partial charge in [0.2, 0.25) is 53.2 Å². The monoisotopic (exact) mass is 1140 g/mol. The third-order valence-corrected chi connectivity index (χ3v) is 14.4. The number of thiol groups is 1. The molecular formula is C53H79N13O13S. The molecular weight excluding hydrogens is 1060 g/mol. The molecule has 2 aliphatic heterocycles. The van der Waals surface area contributed by atoms with Gasteiger partial charge in [-0.2, -0.15) is 12.6 Å². The van der Waals surface area contributed by atoms with Crippen LogP contribution in [-0.2, 0) is 60.8 Å². The van der Waals surface area contributed by atoms with Crippen LogP contribution in [0.5, 0.6) is 5.75 Å². The Labute approximate surface area is 470 Å². The van der Waals surface area contributed by atoms with Crippen LogP contribution >= 0.6 is 12.6 Å². The third kappa shape index (κ3) is 19.7. The molecule has 2 aliphatic rings. The largest absolute Gasteiger partial charge is 0.508 e. The molecule has 2 saturated heterocycles. The van der Waals surface area contributed by atoms with Crippen LogP contribution in [0.25, 0.3) is 0 Å². The SMILES string of the molecule is CCC[C@H](NC(=O)[C@@H](NC(=O)[C@@H]1C[C@@H](O)CN1C(=O)[C@@H]1CCCN1C(=O)[C@H](Cc1ccccc1)NC(=O)[C@H](Cc1ccc(O)cc1)NC(=O)[C@H](CCC(N)=O)NC(=O)[C@H](CCCN=C(N)N)NC(=O)[C@@H](N)CS)[C@@H](C)CC)C(=O)O. The summed E-state index contributed by atoms with van der Waals surface area (Å²) in [6.45, 7) is 5.10. The topological polar surface area (TPSA) is 426 Å². The number of amides is 9. The normalized spacial score (nSPS) is 18.9. The summed E-state index contributed by atoms with van der Waals surface area (Å²) in [4.78, 5) is 144. The zero-order valence-corrected chi connectivity index (χ0v) is 46.3. The number of carbonyl (C=O) groups is 10. The first-order valence-corrected chi connectivity index (χ1v) is 27.5. The van der Waals surface area contributed by atoms with Crippen molar-refractivity contribution in [1.29, 1.82) is 0 Å². The fourth-order valence-corrected chi connectivity index (χ4v) is 9.54. The molecule has 17 N–H and O–H groups in total. The highest BCUT2D eigenvalue weighted by Gasteiger charge is 2.47. The van der Waals surface area contributed by atoms with Gasteiger partial charge in [0.15, 0.2) is 5.96 Å². The summed E-state index contributed by atoms with van der Waals surface area (Å²) in [5.41, 5.74) is 23.3. The Balaban J connectivity index is 1.65. The summed E-state index contributed by atoms with van der Waals surface area (Å²) >= 11 is 4.06. The van der Waals surface area contributed by atoms with Crippen LogP contribution in [-0.4, -0.2) is 176 Å². The van der Waals surface area contributed by atoms with Crippen LogP contribution < -0.4 is 54.8 Å². The van der Waals surface area contributed by atoms with E-state index in [1.165, 1.54) is 34.1 Å². The molecule has 26 nitrogen and oxygen atoms in total. The van der Waals surface area contributed by atoms with Crippen LogP contribution in [0.15, 0.2) is 59.6 Å². The molecule has 11 atom stereocenters. The van der Waals surface area contributed by atoms with E-state index in [0.717, 1.165) is 0 Å². The number of rotatable bonds is 31. The smallest absolute Gasteiger partial charge is 0.326 e. The molecule has 9 amide bonds. The first-order chi connectivity index (χ1) is 38.0. The number of nitrogens with one attached hydrogen (secondary N) is 6. The van der Waals surface area contributed by atoms with Gasteiger partial charge in [-0.3, -0.25) is 48.1 Å². The number of primary amides is 1. The van der Waals surface area contributed by atoms with E-state index in [1.54, 1.807) is 51.1 Å². The van der Waals surface area contributed by atoms with E-state index >= 15 is 4.79 Å². The van der Waals surface area contributed by atoms with Crippen LogP contribution in [0.3, 0.4) is 0 Å². The second-order valence-corrected chi connectivity index (χ2v) is 20.6. The molecule has 27 heteroatoms. The molecule has 0 spiro atoms. The van der Waals surface area contributed by atoms with Gasteiger partial charge in [-0.15, -0.1) is 0 Å². The Kier molecular flexibility index (Phi) is 25.9. The predicted octanol–water partition coefficient (Wildman–Crippen LogP) is -2.45. The average molecular weight is 1140 g/mol. The summed E-state index contributed by atoms with van der Waals surface area (Å²) in [6.07, 6.45) is -0.813. The Hall–Kier alpha value is -7.52. The molecule has 0 aromatic heterocycles. The number of aliphatic imine (C=N–C) groups is 1. The summed E-state index contributed by atoms with van der Waals surface area (Å²) < 4.78 is 0. The van der Waals surface area contributed by atoms with Gasteiger partial charge in [0.25, 0.3) is 0 Å². The fraction of sp³-hybridized carbons (Fsp3) is 0.566. The molecule has 0 bridgehead atoms. The van der Waals surface area contributed by atoms with Crippen molar-refractivity contribution < 1.29 is 63.3 Å². The number of aliphatic carboxylic acids is 1. The molecule has 0 aliphatic carbocycles. The lowest BCUT2D eigenvalue weighted by Crippen LogP contribution is -2.61. The van der Waals surface area contributed by atoms with Crippen molar-refractivity contribution in [3.05, 3.63) is 65.7 Å². The van der Waals surface area contributed by atoms with Gasteiger partial charge in [-0.05, 0) is 67.7 Å². The van der Waals surface area contributed by atoms with Gasteiger partial charge in [-0.1, -0.05) is 76.1 Å². The van der Waals surface area contributed by atoms with Crippen molar-refractivity contribution in [3.63, 3.8) is 0 Å². The van der Waals surface area contributed by atoms with Gasteiger partial charge >= 0.3 is 5.97 Å². The number of carboxylic acid groups (broad SMARTS) is 1. The summed E-state index contributed by atoms with van der Waals surface area (Å²) in [5, 5.41) is 46.4. The minimum Gasteiger partial charge on any atom is -0.508 e. The van der Waals surface area contributed by atoms with E-state index in [1.807, 2.05) is 0 Å². The minimum absolute atomic E-state index is 0.0318. The van der Waals surface area contributed by atoms with Crippen molar-refractivity contribution in [2.75, 3.05) is 25.4 Å². The van der Waals surface area contributed by atoms with Gasteiger partial charge in [0.1, 0.15) is 54.1 Å². The molecule has 4 rings (SSSR count). The number of carboxylic acids is 1. The van der Waals surface area contributed by atoms with Crippen LogP contribution in [0.2, 0.25) is 0 Å². The number of nitrogens with zero attached hydrogens (tertiary/aromatic N) is 3. The minimum atomic E-state index is -1.54. The van der Waals surface area contributed by atoms with E-state index in [9.17, 15) is 58.5 Å². The van der Waals surface area contributed by atoms with Crippen LogP contribution in [0, 0.1) is 5.92 Å². The number of β-amino-alcohol motifs (C(OH)–C–C–N with tert-alkyl or cyclic N) is 1. The number of benzene rings is 2. The maximum absolute atomic E-state index is 15.0. The highest BCUT2D eigenvalue weighted by molar-refractivity contribution is 7.80. The van der Waals surface area contributed by atoms with Crippen molar-refractivity contribution in [3.8, 4) is 5.75 Å². The number of aliphatic hydroxyl groups is 1. The molecule has 0 saturated carbocycles. The molecule has 2 heterocycles. The average Bonchev–Trinajstić information content (AvgIpc) is 4.19. The fourth-order valence-electron chi connectivity index (χ4n) is 9.38. The lowest BCUT2D eigenvalue weighted by molar-refractivity contribution is -0.148. The van der Waals surface area contributed by atoms with E-state index in [4.69, 9.17) is 22.9 Å². The lowest BCUT2D eigenvalue weighted by atomic mass is 9.97. The number of aliphatic hydroxyl groups excluding tert-OH is 1. The molecule has 440 valence electrons. The third-order valence-electron chi connectivity index (χ3n) is 14.0. The number of nitrogens with two attached hydrogens (primary N) is 4. The summed E-state index contributed by atoms with van der Waals surface area (Å²) in [6, 6.07) is 2.64. The highest BCUT2D eigenvalue weighted by Crippen LogP contribution is 2.27. The van der Waals surface area contributed by atoms with Crippen LogP contribution in [0.4, 0.5) is 0 Å². The lowest BCUT2D eigenvalue weighted by Gasteiger charge is -2.34. The number of carbonyl (C=O) groups excluding carboxylic acids is 9.